The van der Waals surface area contributed by atoms with Crippen molar-refractivity contribution in [1.29, 1.82) is 0 Å². The van der Waals surface area contributed by atoms with E-state index in [1.165, 1.54) is 0 Å². The summed E-state index contributed by atoms with van der Waals surface area (Å²) in [6, 6.07) is 0. The van der Waals surface area contributed by atoms with Gasteiger partial charge in [0.05, 0.1) is 0 Å². The van der Waals surface area contributed by atoms with E-state index in [0.29, 0.717) is 5.95 Å². The second-order valence-corrected chi connectivity index (χ2v) is 3.68. The Labute approximate surface area is 102 Å². The molecule has 0 bridgehead atoms. The number of nitrogens with one attached hydrogen (secondary N) is 1. The van der Waals surface area contributed by atoms with Crippen molar-refractivity contribution in [2.75, 3.05) is 43.0 Å². The first kappa shape index (κ1) is 13.4. The van der Waals surface area contributed by atoms with Crippen molar-refractivity contribution in [3.8, 4) is 0 Å². The molecule has 1 heterocycles. The van der Waals surface area contributed by atoms with Gasteiger partial charge in [0.1, 0.15) is 0 Å². The third-order valence-corrected chi connectivity index (χ3v) is 2.50. The van der Waals surface area contributed by atoms with Crippen LogP contribution in [-0.2, 0) is 0 Å². The van der Waals surface area contributed by atoms with Crippen LogP contribution in [0.25, 0.3) is 0 Å². The number of nitrogen functional groups attached to an aromatic ring is 2. The zero-order valence-electron chi connectivity index (χ0n) is 10.5. The summed E-state index contributed by atoms with van der Waals surface area (Å²) in [6.45, 7) is 8.30. The van der Waals surface area contributed by atoms with Crippen molar-refractivity contribution in [3.05, 3.63) is 0 Å². The number of hydrogen-bond donors (Lipinski definition) is 3. The van der Waals surface area contributed by atoms with Gasteiger partial charge in [0, 0.05) is 6.54 Å². The molecule has 0 saturated carbocycles. The second kappa shape index (κ2) is 6.85. The number of rotatable bonds is 7. The molecular weight excluding hydrogens is 218 g/mol. The van der Waals surface area contributed by atoms with E-state index in [2.05, 4.69) is 39.0 Å². The molecule has 5 N–H and O–H groups in total. The Hall–Kier alpha value is -1.63. The second-order valence-electron chi connectivity index (χ2n) is 3.68. The SMILES string of the molecule is CCN(CC)CCCNc1nc(N)nc(N)n1. The standard InChI is InChI=1S/C10H21N7/c1-3-17(4-2)7-5-6-13-10-15-8(11)14-9(12)16-10/h3-7H2,1-2H3,(H5,11,12,13,14,15,16). The van der Waals surface area contributed by atoms with Crippen LogP contribution in [-0.4, -0.2) is 46.0 Å². The minimum atomic E-state index is 0.142. The predicted octanol–water partition coefficient (Wildman–Crippen LogP) is 0.180. The average molecular weight is 239 g/mol. The van der Waals surface area contributed by atoms with Gasteiger partial charge in [-0.25, -0.2) is 0 Å². The fourth-order valence-electron chi connectivity index (χ4n) is 1.53. The van der Waals surface area contributed by atoms with Crippen LogP contribution in [0.2, 0.25) is 0 Å². The summed E-state index contributed by atoms with van der Waals surface area (Å²) in [5.74, 6) is 0.724. The lowest BCUT2D eigenvalue weighted by atomic mass is 10.3. The molecular formula is C10H21N7. The molecule has 0 aliphatic carbocycles. The van der Waals surface area contributed by atoms with Gasteiger partial charge in [0.25, 0.3) is 0 Å². The molecule has 0 aliphatic rings. The van der Waals surface area contributed by atoms with E-state index in [4.69, 9.17) is 11.5 Å². The molecule has 1 aromatic heterocycles. The Morgan fingerprint density at radius 1 is 1.06 bits per heavy atom. The fourth-order valence-corrected chi connectivity index (χ4v) is 1.53. The van der Waals surface area contributed by atoms with Gasteiger partial charge in [-0.15, -0.1) is 0 Å². The summed E-state index contributed by atoms with van der Waals surface area (Å²) in [6.07, 6.45) is 1.02. The van der Waals surface area contributed by atoms with Crippen molar-refractivity contribution in [2.24, 2.45) is 0 Å². The van der Waals surface area contributed by atoms with Crippen LogP contribution in [0.4, 0.5) is 17.8 Å². The molecule has 7 nitrogen and oxygen atoms in total. The zero-order chi connectivity index (χ0) is 12.7. The molecule has 0 spiro atoms. The average Bonchev–Trinajstić information content (AvgIpc) is 2.28. The fraction of sp³-hybridized carbons (Fsp3) is 0.700. The van der Waals surface area contributed by atoms with Crippen molar-refractivity contribution < 1.29 is 0 Å². The van der Waals surface area contributed by atoms with Gasteiger partial charge in [-0.1, -0.05) is 13.8 Å². The van der Waals surface area contributed by atoms with Crippen LogP contribution < -0.4 is 16.8 Å². The van der Waals surface area contributed by atoms with Gasteiger partial charge in [-0.2, -0.15) is 15.0 Å². The van der Waals surface area contributed by atoms with Crippen LogP contribution in [0.1, 0.15) is 20.3 Å². The predicted molar refractivity (Wildman–Crippen MR) is 69.5 cm³/mol. The van der Waals surface area contributed by atoms with Gasteiger partial charge in [-0.3, -0.25) is 0 Å². The molecule has 0 aromatic carbocycles. The van der Waals surface area contributed by atoms with E-state index in [0.717, 1.165) is 32.6 Å². The summed E-state index contributed by atoms with van der Waals surface area (Å²) in [4.78, 5) is 13.9. The first-order valence-corrected chi connectivity index (χ1v) is 5.89. The minimum Gasteiger partial charge on any atom is -0.368 e. The molecule has 0 saturated heterocycles. The number of nitrogens with two attached hydrogens (primary N) is 2. The van der Waals surface area contributed by atoms with E-state index in [9.17, 15) is 0 Å². The van der Waals surface area contributed by atoms with E-state index < -0.39 is 0 Å². The van der Waals surface area contributed by atoms with Crippen LogP contribution in [0.3, 0.4) is 0 Å². The number of nitrogens with zero attached hydrogens (tertiary/aromatic N) is 4. The van der Waals surface area contributed by atoms with Gasteiger partial charge in [0.15, 0.2) is 0 Å². The van der Waals surface area contributed by atoms with Gasteiger partial charge in [0.2, 0.25) is 17.8 Å². The monoisotopic (exact) mass is 239 g/mol. The third kappa shape index (κ3) is 4.81. The Kier molecular flexibility index (Phi) is 5.41. The first-order valence-electron chi connectivity index (χ1n) is 5.89. The highest BCUT2D eigenvalue weighted by atomic mass is 15.2. The van der Waals surface area contributed by atoms with Crippen molar-refractivity contribution >= 4 is 17.8 Å². The van der Waals surface area contributed by atoms with Crippen LogP contribution in [0.15, 0.2) is 0 Å². The molecule has 17 heavy (non-hydrogen) atoms. The normalized spacial score (nSPS) is 10.8. The molecule has 0 fully saturated rings. The molecule has 1 aromatic rings. The highest BCUT2D eigenvalue weighted by Gasteiger charge is 2.01. The Morgan fingerprint density at radius 3 is 2.18 bits per heavy atom. The van der Waals surface area contributed by atoms with E-state index in [-0.39, 0.29) is 11.9 Å². The van der Waals surface area contributed by atoms with Crippen LogP contribution in [0, 0.1) is 0 Å². The smallest absolute Gasteiger partial charge is 0.229 e. The van der Waals surface area contributed by atoms with Gasteiger partial charge >= 0.3 is 0 Å². The summed E-state index contributed by atoms with van der Waals surface area (Å²) in [7, 11) is 0. The van der Waals surface area contributed by atoms with E-state index >= 15 is 0 Å². The molecule has 0 unspecified atom stereocenters. The molecule has 0 radical (unpaired) electrons. The van der Waals surface area contributed by atoms with E-state index in [1.54, 1.807) is 0 Å². The Balaban J connectivity index is 2.31. The summed E-state index contributed by atoms with van der Waals surface area (Å²) in [5, 5.41) is 3.08. The van der Waals surface area contributed by atoms with Gasteiger partial charge < -0.3 is 21.7 Å². The summed E-state index contributed by atoms with van der Waals surface area (Å²) < 4.78 is 0. The molecule has 96 valence electrons. The Bertz CT molecular complexity index is 317. The van der Waals surface area contributed by atoms with Crippen molar-refractivity contribution in [2.45, 2.75) is 20.3 Å². The maximum Gasteiger partial charge on any atom is 0.229 e. The van der Waals surface area contributed by atoms with Crippen molar-refractivity contribution in [3.63, 3.8) is 0 Å². The third-order valence-electron chi connectivity index (χ3n) is 2.50. The minimum absolute atomic E-state index is 0.142. The summed E-state index contributed by atoms with van der Waals surface area (Å²) in [5.41, 5.74) is 10.9. The lowest BCUT2D eigenvalue weighted by molar-refractivity contribution is 0.303. The first-order chi connectivity index (χ1) is 8.15. The lowest BCUT2D eigenvalue weighted by Gasteiger charge is -2.17. The Morgan fingerprint density at radius 2 is 1.65 bits per heavy atom. The molecule has 0 atom stereocenters. The zero-order valence-corrected chi connectivity index (χ0v) is 10.5. The summed E-state index contributed by atoms with van der Waals surface area (Å²) >= 11 is 0. The number of anilines is 3. The molecule has 0 aliphatic heterocycles. The van der Waals surface area contributed by atoms with Gasteiger partial charge in [-0.05, 0) is 26.1 Å². The van der Waals surface area contributed by atoms with E-state index in [1.807, 2.05) is 0 Å². The van der Waals surface area contributed by atoms with Crippen LogP contribution >= 0.6 is 0 Å². The molecule has 1 rings (SSSR count). The molecule has 7 heteroatoms. The van der Waals surface area contributed by atoms with Crippen molar-refractivity contribution in [1.82, 2.24) is 19.9 Å². The quantitative estimate of drug-likeness (QED) is 0.583. The highest BCUT2D eigenvalue weighted by molar-refractivity contribution is 5.36. The highest BCUT2D eigenvalue weighted by Crippen LogP contribution is 2.03. The topological polar surface area (TPSA) is 106 Å². The number of aromatic nitrogens is 3. The molecule has 0 amide bonds. The van der Waals surface area contributed by atoms with Crippen LogP contribution in [0.5, 0.6) is 0 Å². The maximum atomic E-state index is 5.46. The largest absolute Gasteiger partial charge is 0.368 e. The maximum absolute atomic E-state index is 5.46. The number of hydrogen-bond acceptors (Lipinski definition) is 7. The lowest BCUT2D eigenvalue weighted by Crippen LogP contribution is -2.25.